The zero-order valence-electron chi connectivity index (χ0n) is 12.3. The molecule has 0 heteroatoms. The van der Waals surface area contributed by atoms with Gasteiger partial charge in [-0.15, -0.1) is 0 Å². The second-order valence-corrected chi connectivity index (χ2v) is 6.52. The highest BCUT2D eigenvalue weighted by molar-refractivity contribution is 5.55. The van der Waals surface area contributed by atoms with Gasteiger partial charge in [-0.2, -0.15) is 0 Å². The van der Waals surface area contributed by atoms with Gasteiger partial charge >= 0.3 is 0 Å². The van der Waals surface area contributed by atoms with Crippen LogP contribution in [-0.2, 0) is 5.41 Å². The van der Waals surface area contributed by atoms with Crippen molar-refractivity contribution in [3.63, 3.8) is 0 Å². The molecule has 0 bridgehead atoms. The van der Waals surface area contributed by atoms with Gasteiger partial charge in [0.05, 0.1) is 0 Å². The lowest BCUT2D eigenvalue weighted by Crippen LogP contribution is -2.30. The zero-order valence-corrected chi connectivity index (χ0v) is 12.3. The average molecular weight is 250 g/mol. The Hall–Kier alpha value is -1.56. The van der Waals surface area contributed by atoms with Crippen LogP contribution in [0.1, 0.15) is 55.9 Å². The Labute approximate surface area is 116 Å². The fraction of sp³-hybridized carbons (Fsp3) is 0.368. The van der Waals surface area contributed by atoms with Crippen LogP contribution >= 0.6 is 0 Å². The molecule has 0 N–H and O–H groups in total. The third-order valence-corrected chi connectivity index (χ3v) is 4.61. The van der Waals surface area contributed by atoms with Crippen LogP contribution in [0, 0.1) is 5.92 Å². The summed E-state index contributed by atoms with van der Waals surface area (Å²) in [4.78, 5) is 0. The molecule has 1 aliphatic rings. The summed E-state index contributed by atoms with van der Waals surface area (Å²) >= 11 is 0. The lowest BCUT2D eigenvalue weighted by molar-refractivity contribution is 0.503. The van der Waals surface area contributed by atoms with Crippen molar-refractivity contribution < 1.29 is 0 Å². The van der Waals surface area contributed by atoms with Crippen molar-refractivity contribution in [1.29, 1.82) is 0 Å². The summed E-state index contributed by atoms with van der Waals surface area (Å²) in [6.45, 7) is 9.36. The van der Waals surface area contributed by atoms with E-state index in [2.05, 4.69) is 76.2 Å². The van der Waals surface area contributed by atoms with Gasteiger partial charge in [0.1, 0.15) is 0 Å². The Kier molecular flexibility index (Phi) is 2.78. The van der Waals surface area contributed by atoms with E-state index in [1.807, 2.05) is 0 Å². The molecule has 0 fully saturated rings. The van der Waals surface area contributed by atoms with Crippen molar-refractivity contribution in [2.24, 2.45) is 5.92 Å². The Morgan fingerprint density at radius 1 is 0.789 bits per heavy atom. The predicted molar refractivity (Wildman–Crippen MR) is 81.7 cm³/mol. The van der Waals surface area contributed by atoms with Crippen LogP contribution in [0.25, 0.3) is 0 Å². The van der Waals surface area contributed by atoms with Gasteiger partial charge in [-0.25, -0.2) is 0 Å². The van der Waals surface area contributed by atoms with E-state index in [4.69, 9.17) is 0 Å². The van der Waals surface area contributed by atoms with Gasteiger partial charge in [-0.1, -0.05) is 76.2 Å². The Morgan fingerprint density at radius 3 is 1.63 bits per heavy atom. The first kappa shape index (κ1) is 12.5. The molecule has 2 aromatic carbocycles. The van der Waals surface area contributed by atoms with Crippen LogP contribution in [0.15, 0.2) is 48.5 Å². The molecule has 0 aliphatic heterocycles. The fourth-order valence-corrected chi connectivity index (χ4v) is 3.71. The summed E-state index contributed by atoms with van der Waals surface area (Å²) in [5.41, 5.74) is 6.13. The molecule has 1 aliphatic carbocycles. The largest absolute Gasteiger partial charge is 0.0620 e. The first-order valence-corrected chi connectivity index (χ1v) is 7.22. The summed E-state index contributed by atoms with van der Waals surface area (Å²) in [5.74, 6) is 1.15. The molecule has 0 nitrogen and oxygen atoms in total. The Balaban J connectivity index is 2.34. The van der Waals surface area contributed by atoms with Crippen LogP contribution in [0.4, 0.5) is 0 Å². The number of rotatable bonds is 1. The van der Waals surface area contributed by atoms with Crippen LogP contribution in [-0.4, -0.2) is 0 Å². The number of fused-ring (bicyclic) bond motifs is 2. The molecule has 0 spiro atoms. The van der Waals surface area contributed by atoms with Crippen molar-refractivity contribution in [3.05, 3.63) is 70.8 Å². The molecule has 0 aromatic heterocycles. The third kappa shape index (κ3) is 1.74. The minimum absolute atomic E-state index is 0.110. The molecule has 0 saturated carbocycles. The minimum atomic E-state index is 0.110. The van der Waals surface area contributed by atoms with Crippen molar-refractivity contribution >= 4 is 0 Å². The van der Waals surface area contributed by atoms with E-state index >= 15 is 0 Å². The quantitative estimate of drug-likeness (QED) is 0.659. The maximum absolute atomic E-state index is 2.35. The summed E-state index contributed by atoms with van der Waals surface area (Å²) in [6, 6.07) is 17.9. The number of hydrogen-bond donors (Lipinski definition) is 0. The van der Waals surface area contributed by atoms with Gasteiger partial charge in [0.15, 0.2) is 0 Å². The maximum Gasteiger partial charge on any atom is 0.0152 e. The van der Waals surface area contributed by atoms with E-state index in [0.29, 0.717) is 11.8 Å². The summed E-state index contributed by atoms with van der Waals surface area (Å²) in [6.07, 6.45) is 0. The molecule has 98 valence electrons. The molecule has 0 atom stereocenters. The molecular weight excluding hydrogens is 228 g/mol. The molecule has 0 unspecified atom stereocenters. The van der Waals surface area contributed by atoms with Gasteiger partial charge in [-0.05, 0) is 28.2 Å². The van der Waals surface area contributed by atoms with Crippen molar-refractivity contribution in [1.82, 2.24) is 0 Å². The minimum Gasteiger partial charge on any atom is -0.0620 e. The third-order valence-electron chi connectivity index (χ3n) is 4.61. The second-order valence-electron chi connectivity index (χ2n) is 6.52. The molecule has 0 heterocycles. The van der Waals surface area contributed by atoms with E-state index in [0.717, 1.165) is 0 Å². The maximum atomic E-state index is 2.35. The summed E-state index contributed by atoms with van der Waals surface area (Å²) < 4.78 is 0. The standard InChI is InChI=1S/C19H22/c1-13(2)18-14-9-5-7-11-16(14)19(3,4)17-12-8-6-10-15(17)18/h5-13,18H,1-4H3. The Bertz CT molecular complexity index is 555. The van der Waals surface area contributed by atoms with Crippen LogP contribution < -0.4 is 0 Å². The van der Waals surface area contributed by atoms with E-state index in [1.165, 1.54) is 22.3 Å². The second kappa shape index (κ2) is 4.23. The van der Waals surface area contributed by atoms with Gasteiger partial charge < -0.3 is 0 Å². The van der Waals surface area contributed by atoms with Crippen LogP contribution in [0.5, 0.6) is 0 Å². The van der Waals surface area contributed by atoms with E-state index < -0.39 is 0 Å². The molecular formula is C19H22. The lowest BCUT2D eigenvalue weighted by Gasteiger charge is -2.41. The zero-order chi connectivity index (χ0) is 13.6. The molecule has 0 radical (unpaired) electrons. The highest BCUT2D eigenvalue weighted by atomic mass is 14.4. The Morgan fingerprint density at radius 2 is 1.21 bits per heavy atom. The first-order valence-electron chi connectivity index (χ1n) is 7.22. The molecule has 0 saturated heterocycles. The fourth-order valence-electron chi connectivity index (χ4n) is 3.71. The normalized spacial score (nSPS) is 17.1. The monoisotopic (exact) mass is 250 g/mol. The van der Waals surface area contributed by atoms with E-state index in [1.54, 1.807) is 0 Å². The number of hydrogen-bond acceptors (Lipinski definition) is 0. The average Bonchev–Trinajstić information content (AvgIpc) is 2.39. The molecule has 2 aromatic rings. The SMILES string of the molecule is CC(C)C1c2ccccc2C(C)(C)c2ccccc21. The highest BCUT2D eigenvalue weighted by Gasteiger charge is 2.37. The van der Waals surface area contributed by atoms with Crippen molar-refractivity contribution in [2.45, 2.75) is 39.0 Å². The first-order chi connectivity index (χ1) is 9.03. The highest BCUT2D eigenvalue weighted by Crippen LogP contribution is 2.48. The predicted octanol–water partition coefficient (Wildman–Crippen LogP) is 5.11. The van der Waals surface area contributed by atoms with Crippen LogP contribution in [0.2, 0.25) is 0 Å². The van der Waals surface area contributed by atoms with Gasteiger partial charge in [0.25, 0.3) is 0 Å². The molecule has 3 rings (SSSR count). The smallest absolute Gasteiger partial charge is 0.0152 e. The lowest BCUT2D eigenvalue weighted by atomic mass is 9.63. The topological polar surface area (TPSA) is 0 Å². The van der Waals surface area contributed by atoms with E-state index in [-0.39, 0.29) is 5.41 Å². The van der Waals surface area contributed by atoms with Crippen LogP contribution in [0.3, 0.4) is 0 Å². The van der Waals surface area contributed by atoms with Crippen molar-refractivity contribution in [2.75, 3.05) is 0 Å². The van der Waals surface area contributed by atoms with E-state index in [9.17, 15) is 0 Å². The number of benzene rings is 2. The molecule has 0 amide bonds. The van der Waals surface area contributed by atoms with Gasteiger partial charge in [-0.3, -0.25) is 0 Å². The summed E-state index contributed by atoms with van der Waals surface area (Å²) in [7, 11) is 0. The van der Waals surface area contributed by atoms with Gasteiger partial charge in [0, 0.05) is 11.3 Å². The molecule has 19 heavy (non-hydrogen) atoms. The summed E-state index contributed by atoms with van der Waals surface area (Å²) in [5, 5.41) is 0. The van der Waals surface area contributed by atoms with Gasteiger partial charge in [0.2, 0.25) is 0 Å². The van der Waals surface area contributed by atoms with Crippen molar-refractivity contribution in [3.8, 4) is 0 Å².